The van der Waals surface area contributed by atoms with Gasteiger partial charge in [-0.05, 0) is 31.9 Å². The molecule has 1 saturated heterocycles. The van der Waals surface area contributed by atoms with Crippen LogP contribution in [-0.4, -0.2) is 15.6 Å². The molecule has 82 valence electrons. The van der Waals surface area contributed by atoms with E-state index in [1.807, 2.05) is 19.1 Å². The van der Waals surface area contributed by atoms with Gasteiger partial charge in [0.15, 0.2) is 0 Å². The fourth-order valence-electron chi connectivity index (χ4n) is 1.92. The number of phenols is 1. The van der Waals surface area contributed by atoms with Gasteiger partial charge in [0.2, 0.25) is 0 Å². The molecule has 2 heteroatoms. The van der Waals surface area contributed by atoms with Gasteiger partial charge in [0.05, 0.1) is 0 Å². The fraction of sp³-hybridized carbons (Fsp3) is 0.538. The summed E-state index contributed by atoms with van der Waals surface area (Å²) >= 11 is 2.20. The lowest BCUT2D eigenvalue weighted by Gasteiger charge is -2.02. The van der Waals surface area contributed by atoms with Crippen molar-refractivity contribution in [1.29, 1.82) is 0 Å². The summed E-state index contributed by atoms with van der Waals surface area (Å²) in [7, 11) is 0. The van der Waals surface area contributed by atoms with E-state index in [0.717, 1.165) is 10.5 Å². The molecule has 2 aliphatic rings. The van der Waals surface area contributed by atoms with Crippen LogP contribution < -0.4 is 0 Å². The largest absolute Gasteiger partial charge is 0.508 e. The van der Waals surface area contributed by atoms with Gasteiger partial charge in [-0.3, -0.25) is 0 Å². The summed E-state index contributed by atoms with van der Waals surface area (Å²) < 4.78 is 0. The Balaban J connectivity index is 0.000000114. The molecule has 2 atom stereocenters. The third-order valence-electron chi connectivity index (χ3n) is 2.95. The lowest BCUT2D eigenvalue weighted by atomic mass is 10.0. The minimum atomic E-state index is 0.329. The highest BCUT2D eigenvalue weighted by Gasteiger charge is 2.39. The summed E-state index contributed by atoms with van der Waals surface area (Å²) in [6.45, 7) is 1.99. The van der Waals surface area contributed by atoms with Crippen molar-refractivity contribution < 1.29 is 5.11 Å². The third-order valence-corrected chi connectivity index (χ3v) is 4.46. The Hall–Kier alpha value is -0.630. The van der Waals surface area contributed by atoms with E-state index in [1.54, 1.807) is 12.1 Å². The van der Waals surface area contributed by atoms with Gasteiger partial charge in [-0.2, -0.15) is 11.8 Å². The number of benzene rings is 1. The normalized spacial score (nSPS) is 27.3. The number of hydrogen-bond acceptors (Lipinski definition) is 2. The van der Waals surface area contributed by atoms with Crippen LogP contribution >= 0.6 is 11.8 Å². The second-order valence-electron chi connectivity index (χ2n) is 4.33. The molecule has 0 bridgehead atoms. The average Bonchev–Trinajstić information content (AvgIpc) is 3.02. The van der Waals surface area contributed by atoms with Crippen LogP contribution in [0.3, 0.4) is 0 Å². The maximum absolute atomic E-state index is 8.76. The fourth-order valence-corrected chi connectivity index (χ4v) is 3.16. The van der Waals surface area contributed by atoms with Gasteiger partial charge in [0.25, 0.3) is 0 Å². The van der Waals surface area contributed by atoms with Gasteiger partial charge in [-0.25, -0.2) is 0 Å². The average molecular weight is 222 g/mol. The highest BCUT2D eigenvalue weighted by molar-refractivity contribution is 8.07. The van der Waals surface area contributed by atoms with E-state index < -0.39 is 0 Å². The first-order valence-electron chi connectivity index (χ1n) is 5.67. The number of aromatic hydroxyl groups is 1. The number of rotatable bonds is 0. The highest BCUT2D eigenvalue weighted by atomic mass is 32.2. The molecular formula is C13H18OS. The quantitative estimate of drug-likeness (QED) is 0.675. The van der Waals surface area contributed by atoms with Crippen LogP contribution in [0.4, 0.5) is 0 Å². The SMILES string of the molecule is C1CCC2SC2C1.Cc1ccc(O)cc1. The Morgan fingerprint density at radius 2 is 1.60 bits per heavy atom. The van der Waals surface area contributed by atoms with Crippen molar-refractivity contribution in [3.8, 4) is 5.75 Å². The van der Waals surface area contributed by atoms with Crippen molar-refractivity contribution in [3.05, 3.63) is 29.8 Å². The van der Waals surface area contributed by atoms with Crippen molar-refractivity contribution in [3.63, 3.8) is 0 Å². The van der Waals surface area contributed by atoms with E-state index >= 15 is 0 Å². The smallest absolute Gasteiger partial charge is 0.115 e. The Morgan fingerprint density at radius 3 is 2.00 bits per heavy atom. The Kier molecular flexibility index (Phi) is 3.57. The van der Waals surface area contributed by atoms with Crippen molar-refractivity contribution in [1.82, 2.24) is 0 Å². The lowest BCUT2D eigenvalue weighted by molar-refractivity contribution is 0.475. The molecule has 1 aliphatic heterocycles. The third kappa shape index (κ3) is 3.45. The summed E-state index contributed by atoms with van der Waals surface area (Å²) in [5.41, 5.74) is 1.17. The number of thioether (sulfide) groups is 1. The van der Waals surface area contributed by atoms with Gasteiger partial charge in [0.1, 0.15) is 5.75 Å². The molecule has 2 fully saturated rings. The molecule has 3 rings (SSSR count). The molecule has 1 aromatic carbocycles. The Bertz CT molecular complexity index is 276. The van der Waals surface area contributed by atoms with E-state index in [2.05, 4.69) is 11.8 Å². The highest BCUT2D eigenvalue weighted by Crippen LogP contribution is 2.50. The first kappa shape index (κ1) is 10.9. The second kappa shape index (κ2) is 4.93. The summed E-state index contributed by atoms with van der Waals surface area (Å²) in [5.74, 6) is 0.329. The minimum Gasteiger partial charge on any atom is -0.508 e. The minimum absolute atomic E-state index is 0.329. The van der Waals surface area contributed by atoms with E-state index in [1.165, 1.54) is 31.2 Å². The molecule has 1 aromatic rings. The molecule has 1 nitrogen and oxygen atoms in total. The second-order valence-corrected chi connectivity index (χ2v) is 5.82. The molecular weight excluding hydrogens is 204 g/mol. The van der Waals surface area contributed by atoms with Crippen LogP contribution in [0.1, 0.15) is 31.2 Å². The molecule has 0 aromatic heterocycles. The maximum atomic E-state index is 8.76. The molecule has 1 saturated carbocycles. The predicted octanol–water partition coefficient (Wildman–Crippen LogP) is 3.75. The summed E-state index contributed by atoms with van der Waals surface area (Å²) in [6.07, 6.45) is 6.06. The number of hydrogen-bond donors (Lipinski definition) is 1. The number of aryl methyl sites for hydroxylation is 1. The summed E-state index contributed by atoms with van der Waals surface area (Å²) in [6, 6.07) is 7.09. The Labute approximate surface area is 95.9 Å². The zero-order valence-electron chi connectivity index (χ0n) is 9.15. The first-order valence-corrected chi connectivity index (χ1v) is 6.61. The maximum Gasteiger partial charge on any atom is 0.115 e. The monoisotopic (exact) mass is 222 g/mol. The molecule has 0 amide bonds. The first-order chi connectivity index (χ1) is 7.25. The molecule has 1 aliphatic carbocycles. The van der Waals surface area contributed by atoms with Gasteiger partial charge >= 0.3 is 0 Å². The van der Waals surface area contributed by atoms with Gasteiger partial charge in [-0.1, -0.05) is 30.5 Å². The molecule has 1 heterocycles. The van der Waals surface area contributed by atoms with Crippen LogP contribution in [-0.2, 0) is 0 Å². The Morgan fingerprint density at radius 1 is 1.07 bits per heavy atom. The van der Waals surface area contributed by atoms with Gasteiger partial charge in [0, 0.05) is 10.5 Å². The molecule has 15 heavy (non-hydrogen) atoms. The zero-order valence-corrected chi connectivity index (χ0v) is 9.96. The van der Waals surface area contributed by atoms with Crippen LogP contribution in [0.2, 0.25) is 0 Å². The van der Waals surface area contributed by atoms with Gasteiger partial charge < -0.3 is 5.11 Å². The van der Waals surface area contributed by atoms with E-state index in [-0.39, 0.29) is 0 Å². The van der Waals surface area contributed by atoms with Crippen LogP contribution in [0.5, 0.6) is 5.75 Å². The van der Waals surface area contributed by atoms with Crippen LogP contribution in [0.15, 0.2) is 24.3 Å². The van der Waals surface area contributed by atoms with Crippen molar-refractivity contribution in [2.24, 2.45) is 0 Å². The van der Waals surface area contributed by atoms with Crippen molar-refractivity contribution >= 4 is 11.8 Å². The van der Waals surface area contributed by atoms with Crippen LogP contribution in [0.25, 0.3) is 0 Å². The standard InChI is InChI=1S/C7H8O.C6H10S/c1-6-2-4-7(8)5-3-6;1-2-4-6-5(3-1)7-6/h2-5,8H,1H3;5-6H,1-4H2. The topological polar surface area (TPSA) is 20.2 Å². The van der Waals surface area contributed by atoms with Crippen LogP contribution in [0, 0.1) is 6.92 Å². The van der Waals surface area contributed by atoms with Crippen molar-refractivity contribution in [2.45, 2.75) is 43.1 Å². The lowest BCUT2D eigenvalue weighted by Crippen LogP contribution is -2.00. The molecule has 1 N–H and O–H groups in total. The summed E-state index contributed by atoms with van der Waals surface area (Å²) in [4.78, 5) is 0. The van der Waals surface area contributed by atoms with Crippen molar-refractivity contribution in [2.75, 3.05) is 0 Å². The number of phenolic OH excluding ortho intramolecular Hbond substituents is 1. The molecule has 0 radical (unpaired) electrons. The van der Waals surface area contributed by atoms with E-state index in [9.17, 15) is 0 Å². The van der Waals surface area contributed by atoms with E-state index in [4.69, 9.17) is 5.11 Å². The van der Waals surface area contributed by atoms with Gasteiger partial charge in [-0.15, -0.1) is 0 Å². The number of fused-ring (bicyclic) bond motifs is 1. The molecule has 2 unspecified atom stereocenters. The predicted molar refractivity (Wildman–Crippen MR) is 66.5 cm³/mol. The summed E-state index contributed by atoms with van der Waals surface area (Å²) in [5, 5.41) is 11.0. The van der Waals surface area contributed by atoms with E-state index in [0.29, 0.717) is 5.75 Å². The zero-order chi connectivity index (χ0) is 10.7. The molecule has 0 spiro atoms.